The zero-order valence-electron chi connectivity index (χ0n) is 19.3. The predicted octanol–water partition coefficient (Wildman–Crippen LogP) is 2.36. The van der Waals surface area contributed by atoms with Gasteiger partial charge in [0.1, 0.15) is 11.3 Å². The number of amides is 1. The van der Waals surface area contributed by atoms with Crippen LogP contribution in [0.2, 0.25) is 0 Å². The number of nitrogens with one attached hydrogen (secondary N) is 1. The summed E-state index contributed by atoms with van der Waals surface area (Å²) in [5, 5.41) is 3.76. The number of nitrogens with zero attached hydrogens (tertiary/aromatic N) is 4. The standard InChI is InChI=1S/C22H31FN6O3.ClH/c1-4-14-12-28(17(30)10-13-6-5-7-25-13)8-9-29(14)22-26-19-15(21(24)27-22)11-16(31-2)20(32-3)18(19)23;/h11,13-14,25H,4-10,12H2,1-3H3,(H2,24,26,27);1H/t13-,14-;/m0./s1. The quantitative estimate of drug-likeness (QED) is 0.646. The number of carbonyl (C=O) groups is 1. The summed E-state index contributed by atoms with van der Waals surface area (Å²) in [4.78, 5) is 25.7. The monoisotopic (exact) mass is 482 g/mol. The van der Waals surface area contributed by atoms with Crippen molar-refractivity contribution in [3.8, 4) is 11.5 Å². The number of halogens is 2. The fraction of sp³-hybridized carbons (Fsp3) is 0.591. The fourth-order valence-electron chi connectivity index (χ4n) is 4.63. The molecule has 0 spiro atoms. The molecule has 2 aliphatic heterocycles. The van der Waals surface area contributed by atoms with Crippen molar-refractivity contribution in [1.29, 1.82) is 0 Å². The minimum absolute atomic E-state index is 0. The van der Waals surface area contributed by atoms with Crippen molar-refractivity contribution in [2.45, 2.75) is 44.7 Å². The number of anilines is 2. The topological polar surface area (TPSA) is 106 Å². The molecule has 182 valence electrons. The molecule has 4 rings (SSSR count). The van der Waals surface area contributed by atoms with E-state index in [4.69, 9.17) is 15.2 Å². The van der Waals surface area contributed by atoms with Gasteiger partial charge in [-0.1, -0.05) is 6.92 Å². The lowest BCUT2D eigenvalue weighted by Crippen LogP contribution is -2.55. The third-order valence-electron chi connectivity index (χ3n) is 6.44. The van der Waals surface area contributed by atoms with Gasteiger partial charge in [-0.05, 0) is 31.9 Å². The molecule has 0 bridgehead atoms. The van der Waals surface area contributed by atoms with Crippen molar-refractivity contribution in [3.63, 3.8) is 0 Å². The van der Waals surface area contributed by atoms with Crippen LogP contribution in [0.5, 0.6) is 11.5 Å². The second-order valence-corrected chi connectivity index (χ2v) is 8.32. The number of ether oxygens (including phenoxy) is 2. The largest absolute Gasteiger partial charge is 0.493 e. The van der Waals surface area contributed by atoms with E-state index < -0.39 is 5.82 Å². The lowest BCUT2D eigenvalue weighted by Gasteiger charge is -2.41. The molecular formula is C22H32ClFN6O3. The summed E-state index contributed by atoms with van der Waals surface area (Å²) in [5.41, 5.74) is 6.28. The molecule has 1 amide bonds. The van der Waals surface area contributed by atoms with Crippen LogP contribution in [0.15, 0.2) is 6.07 Å². The second kappa shape index (κ2) is 10.6. The molecule has 11 heteroatoms. The smallest absolute Gasteiger partial charge is 0.228 e. The molecule has 2 aromatic rings. The Morgan fingerprint density at radius 1 is 1.30 bits per heavy atom. The van der Waals surface area contributed by atoms with Crippen molar-refractivity contribution in [3.05, 3.63) is 11.9 Å². The second-order valence-electron chi connectivity index (χ2n) is 8.32. The van der Waals surface area contributed by atoms with Gasteiger partial charge < -0.3 is 30.3 Å². The Balaban J connectivity index is 0.00000306. The van der Waals surface area contributed by atoms with Gasteiger partial charge in [0, 0.05) is 43.5 Å². The van der Waals surface area contributed by atoms with E-state index >= 15 is 4.39 Å². The summed E-state index contributed by atoms with van der Waals surface area (Å²) in [7, 11) is 2.81. The number of carbonyl (C=O) groups excluding carboxylic acids is 1. The van der Waals surface area contributed by atoms with E-state index in [0.29, 0.717) is 37.4 Å². The highest BCUT2D eigenvalue weighted by molar-refractivity contribution is 5.92. The third-order valence-corrected chi connectivity index (χ3v) is 6.44. The molecular weight excluding hydrogens is 451 g/mol. The number of nitrogen functional groups attached to an aromatic ring is 1. The predicted molar refractivity (Wildman–Crippen MR) is 128 cm³/mol. The molecule has 2 saturated heterocycles. The zero-order valence-corrected chi connectivity index (χ0v) is 20.1. The summed E-state index contributed by atoms with van der Waals surface area (Å²) in [6, 6.07) is 1.88. The average Bonchev–Trinajstić information content (AvgIpc) is 3.31. The fourth-order valence-corrected chi connectivity index (χ4v) is 4.63. The van der Waals surface area contributed by atoms with Gasteiger partial charge in [-0.15, -0.1) is 12.4 Å². The van der Waals surface area contributed by atoms with Crippen LogP contribution >= 0.6 is 12.4 Å². The summed E-state index contributed by atoms with van der Waals surface area (Å²) >= 11 is 0. The first-order valence-corrected chi connectivity index (χ1v) is 11.1. The number of methoxy groups -OCH3 is 2. The van der Waals surface area contributed by atoms with Gasteiger partial charge in [0.15, 0.2) is 17.3 Å². The normalized spacial score (nSPS) is 20.6. The van der Waals surface area contributed by atoms with E-state index in [1.165, 1.54) is 14.2 Å². The first-order valence-electron chi connectivity index (χ1n) is 11.1. The van der Waals surface area contributed by atoms with E-state index in [-0.39, 0.29) is 53.2 Å². The first kappa shape index (κ1) is 25.0. The Labute approximate surface area is 199 Å². The molecule has 0 radical (unpaired) electrons. The van der Waals surface area contributed by atoms with Gasteiger partial charge in [-0.3, -0.25) is 4.79 Å². The molecule has 2 aliphatic rings. The van der Waals surface area contributed by atoms with Crippen molar-refractivity contribution >= 4 is 41.0 Å². The SMILES string of the molecule is CC[C@H]1CN(C(=O)C[C@@H]2CCCN2)CCN1c1nc(N)c2cc(OC)c(OC)c(F)c2n1.Cl. The van der Waals surface area contributed by atoms with E-state index in [1.54, 1.807) is 6.07 Å². The van der Waals surface area contributed by atoms with Gasteiger partial charge in [0.2, 0.25) is 11.9 Å². The van der Waals surface area contributed by atoms with Gasteiger partial charge >= 0.3 is 0 Å². The highest BCUT2D eigenvalue weighted by atomic mass is 35.5. The van der Waals surface area contributed by atoms with Gasteiger partial charge in [0.05, 0.1) is 14.2 Å². The Morgan fingerprint density at radius 2 is 2.09 bits per heavy atom. The maximum Gasteiger partial charge on any atom is 0.228 e. The van der Waals surface area contributed by atoms with Crippen LogP contribution in [0, 0.1) is 5.82 Å². The molecule has 1 aromatic heterocycles. The van der Waals surface area contributed by atoms with Crippen molar-refractivity contribution in [2.24, 2.45) is 0 Å². The highest BCUT2D eigenvalue weighted by Crippen LogP contribution is 2.38. The molecule has 1 aromatic carbocycles. The third kappa shape index (κ3) is 4.86. The van der Waals surface area contributed by atoms with E-state index in [0.717, 1.165) is 25.8 Å². The molecule has 3 N–H and O–H groups in total. The van der Waals surface area contributed by atoms with E-state index in [1.807, 2.05) is 9.80 Å². The average molecular weight is 483 g/mol. The van der Waals surface area contributed by atoms with Crippen molar-refractivity contribution in [1.82, 2.24) is 20.2 Å². The molecule has 0 saturated carbocycles. The number of aromatic nitrogens is 2. The lowest BCUT2D eigenvalue weighted by atomic mass is 10.1. The first-order chi connectivity index (χ1) is 15.5. The molecule has 2 atom stereocenters. The zero-order chi connectivity index (χ0) is 22.8. The number of benzene rings is 1. The minimum atomic E-state index is -0.636. The summed E-state index contributed by atoms with van der Waals surface area (Å²) in [6.07, 6.45) is 3.49. The number of piperazine rings is 1. The van der Waals surface area contributed by atoms with E-state index in [2.05, 4.69) is 22.2 Å². The van der Waals surface area contributed by atoms with Crippen LogP contribution in [0.4, 0.5) is 16.2 Å². The highest BCUT2D eigenvalue weighted by Gasteiger charge is 2.32. The maximum atomic E-state index is 15.2. The van der Waals surface area contributed by atoms with Gasteiger partial charge in [-0.25, -0.2) is 9.37 Å². The molecule has 33 heavy (non-hydrogen) atoms. The van der Waals surface area contributed by atoms with Crippen LogP contribution in [0.25, 0.3) is 10.9 Å². The van der Waals surface area contributed by atoms with E-state index in [9.17, 15) is 4.79 Å². The van der Waals surface area contributed by atoms with Crippen LogP contribution in [-0.4, -0.2) is 73.3 Å². The van der Waals surface area contributed by atoms with Gasteiger partial charge in [0.25, 0.3) is 0 Å². The Kier molecular flexibility index (Phi) is 8.01. The minimum Gasteiger partial charge on any atom is -0.493 e. The molecule has 3 heterocycles. The Hall–Kier alpha value is -2.59. The van der Waals surface area contributed by atoms with Crippen LogP contribution < -0.4 is 25.4 Å². The maximum absolute atomic E-state index is 15.2. The number of rotatable bonds is 6. The summed E-state index contributed by atoms with van der Waals surface area (Å²) in [5.74, 6) is 0.276. The van der Waals surface area contributed by atoms with Crippen molar-refractivity contribution in [2.75, 3.05) is 51.0 Å². The number of nitrogens with two attached hydrogens (primary N) is 1. The van der Waals surface area contributed by atoms with Crippen molar-refractivity contribution < 1.29 is 18.7 Å². The molecule has 9 nitrogen and oxygen atoms in total. The summed E-state index contributed by atoms with van der Waals surface area (Å²) < 4.78 is 25.5. The molecule has 2 fully saturated rings. The van der Waals surface area contributed by atoms with Crippen LogP contribution in [0.1, 0.15) is 32.6 Å². The molecule has 0 aliphatic carbocycles. The number of fused-ring (bicyclic) bond motifs is 1. The van der Waals surface area contributed by atoms with Gasteiger partial charge in [-0.2, -0.15) is 4.98 Å². The lowest BCUT2D eigenvalue weighted by molar-refractivity contribution is -0.132. The number of hydrogen-bond donors (Lipinski definition) is 2. The summed E-state index contributed by atoms with van der Waals surface area (Å²) in [6.45, 7) is 4.75. The molecule has 0 unspecified atom stereocenters. The van der Waals surface area contributed by atoms with Crippen LogP contribution in [-0.2, 0) is 4.79 Å². The Morgan fingerprint density at radius 3 is 2.73 bits per heavy atom. The Bertz CT molecular complexity index is 1000. The number of hydrogen-bond acceptors (Lipinski definition) is 8. The van der Waals surface area contributed by atoms with Crippen LogP contribution in [0.3, 0.4) is 0 Å².